The van der Waals surface area contributed by atoms with E-state index >= 15 is 0 Å². The highest BCUT2D eigenvalue weighted by atomic mass is 32.2. The number of rotatable bonds is 12. The van der Waals surface area contributed by atoms with Gasteiger partial charge in [0.1, 0.15) is 9.74 Å². The molecule has 3 aromatic carbocycles. The Balaban J connectivity index is 1.32. The highest BCUT2D eigenvalue weighted by Crippen LogP contribution is 2.47. The van der Waals surface area contributed by atoms with Crippen molar-refractivity contribution < 1.29 is 29.3 Å². The number of phenolic OH excluding ortho intramolecular Hbond substituents is 2. The first-order valence-corrected chi connectivity index (χ1v) is 18.7. The Morgan fingerprint density at radius 1 is 0.731 bits per heavy atom. The topological polar surface area (TPSA) is 149 Å². The first-order valence-electron chi connectivity index (χ1n) is 16.9. The molecule has 1 aromatic heterocycles. The first kappa shape index (κ1) is 36.7. The fourth-order valence-corrected chi connectivity index (χ4v) is 9.08. The summed E-state index contributed by atoms with van der Waals surface area (Å²) >= 11 is 3.07. The molecule has 4 N–H and O–H groups in total. The number of fused-ring (bicyclic) bond motifs is 1. The second-order valence-electron chi connectivity index (χ2n) is 12.5. The summed E-state index contributed by atoms with van der Waals surface area (Å²) in [6.45, 7) is 7.80. The molecule has 2 aliphatic rings. The van der Waals surface area contributed by atoms with Gasteiger partial charge in [0.05, 0.1) is 24.7 Å². The molecule has 4 unspecified atom stereocenters. The second-order valence-corrected chi connectivity index (χ2v) is 15.8. The molecule has 2 saturated heterocycles. The van der Waals surface area contributed by atoms with Crippen LogP contribution < -0.4 is 20.3 Å². The number of aromatic hydroxyl groups is 2. The van der Waals surface area contributed by atoms with Crippen molar-refractivity contribution in [3.63, 3.8) is 0 Å². The Bertz CT molecular complexity index is 1920. The van der Waals surface area contributed by atoms with E-state index in [1.807, 2.05) is 76.3 Å². The summed E-state index contributed by atoms with van der Waals surface area (Å²) in [6, 6.07) is 17.7. The van der Waals surface area contributed by atoms with Gasteiger partial charge in [-0.25, -0.2) is 10.0 Å². The third kappa shape index (κ3) is 6.80. The zero-order valence-electron chi connectivity index (χ0n) is 29.8. The lowest BCUT2D eigenvalue weighted by Crippen LogP contribution is -2.47. The number of ether oxygens (including phenoxy) is 2. The lowest BCUT2D eigenvalue weighted by atomic mass is 10.1. The molecule has 0 bridgehead atoms. The number of carbonyl (C=O) groups excluding carboxylic acids is 2. The van der Waals surface area contributed by atoms with E-state index in [4.69, 9.17) is 9.47 Å². The van der Waals surface area contributed by atoms with E-state index in [0.29, 0.717) is 46.7 Å². The van der Waals surface area contributed by atoms with Gasteiger partial charge in [0.2, 0.25) is 0 Å². The van der Waals surface area contributed by atoms with E-state index in [0.717, 1.165) is 11.1 Å². The lowest BCUT2D eigenvalue weighted by Gasteiger charge is -2.35. The number of aromatic nitrogens is 2. The van der Waals surface area contributed by atoms with E-state index in [1.54, 1.807) is 46.4 Å². The number of hydrazine groups is 2. The highest BCUT2D eigenvalue weighted by molar-refractivity contribution is 8.02. The summed E-state index contributed by atoms with van der Waals surface area (Å²) in [7, 11) is 3.00. The molecule has 52 heavy (non-hydrogen) atoms. The number of nitrogens with one attached hydrogen (secondary N) is 2. The number of nitrogens with zero attached hydrogens (tertiary/aromatic N) is 4. The van der Waals surface area contributed by atoms with Crippen molar-refractivity contribution in [2.24, 2.45) is 0 Å². The van der Waals surface area contributed by atoms with Crippen LogP contribution in [0.2, 0.25) is 0 Å². The van der Waals surface area contributed by atoms with Gasteiger partial charge in [0.15, 0.2) is 34.6 Å². The quantitative estimate of drug-likeness (QED) is 0.116. The number of carbonyl (C=O) groups is 2. The molecule has 0 radical (unpaired) electrons. The number of hydrogen-bond donors (Lipinski definition) is 4. The lowest BCUT2D eigenvalue weighted by molar-refractivity contribution is -0.130. The summed E-state index contributed by atoms with van der Waals surface area (Å²) in [4.78, 5) is 25.9. The minimum Gasteiger partial charge on any atom is -0.504 e. The van der Waals surface area contributed by atoms with Gasteiger partial charge in [0.25, 0.3) is 11.8 Å². The standard InChI is InChI=1S/C38H42N6O6S2/c1-7-37(19-17-25-13-15-29(45)31(21-25)49-5)43(35(47)23(3)51-37)41-33-27-11-9-10-12-28(27)34(40-39-33)42-44-36(48)24(4)52-38(44,8-2)20-18-26-14-16-30(46)32(22-26)50-6/h9-24,45-46H,7-8H2,1-6H3,(H,39,41)(H,40,42)/b19-17+,20-18+. The monoisotopic (exact) mass is 742 g/mol. The minimum atomic E-state index is -0.759. The fraction of sp³-hybridized carbons (Fsp3) is 0.316. The predicted molar refractivity (Wildman–Crippen MR) is 208 cm³/mol. The maximum atomic E-state index is 13.7. The number of thioether (sulfide) groups is 2. The number of anilines is 2. The Morgan fingerprint density at radius 3 is 1.50 bits per heavy atom. The summed E-state index contributed by atoms with van der Waals surface area (Å²) in [5.74, 6) is 1.38. The first-order chi connectivity index (χ1) is 25.0. The third-order valence-electron chi connectivity index (χ3n) is 9.27. The van der Waals surface area contributed by atoms with Crippen LogP contribution in [0.25, 0.3) is 22.9 Å². The molecule has 272 valence electrons. The van der Waals surface area contributed by atoms with E-state index in [1.165, 1.54) is 37.7 Å². The molecule has 0 aliphatic carbocycles. The number of phenols is 2. The fourth-order valence-electron chi connectivity index (χ4n) is 6.33. The van der Waals surface area contributed by atoms with Crippen LogP contribution in [0.4, 0.5) is 11.6 Å². The molecule has 2 fully saturated rings. The molecule has 0 saturated carbocycles. The minimum absolute atomic E-state index is 0.0462. The van der Waals surface area contributed by atoms with Gasteiger partial charge in [-0.2, -0.15) is 0 Å². The molecule has 4 aromatic rings. The van der Waals surface area contributed by atoms with E-state index in [-0.39, 0.29) is 33.8 Å². The van der Waals surface area contributed by atoms with E-state index in [2.05, 4.69) is 21.0 Å². The van der Waals surface area contributed by atoms with Gasteiger partial charge in [-0.05, 0) is 74.2 Å². The largest absolute Gasteiger partial charge is 0.504 e. The van der Waals surface area contributed by atoms with Crippen molar-refractivity contribution in [1.82, 2.24) is 20.2 Å². The molecule has 0 spiro atoms. The smallest absolute Gasteiger partial charge is 0.255 e. The normalized spacial score (nSPS) is 23.3. The van der Waals surface area contributed by atoms with Crippen molar-refractivity contribution in [2.45, 2.75) is 60.8 Å². The predicted octanol–water partition coefficient (Wildman–Crippen LogP) is 7.28. The maximum absolute atomic E-state index is 13.7. The van der Waals surface area contributed by atoms with Crippen molar-refractivity contribution >= 4 is 69.9 Å². The van der Waals surface area contributed by atoms with Crippen molar-refractivity contribution in [3.8, 4) is 23.0 Å². The van der Waals surface area contributed by atoms with Gasteiger partial charge < -0.3 is 19.7 Å². The number of amides is 2. The Morgan fingerprint density at radius 2 is 1.13 bits per heavy atom. The molecular weight excluding hydrogens is 701 g/mol. The molecule has 14 heteroatoms. The molecule has 2 amide bonds. The molecule has 12 nitrogen and oxygen atoms in total. The zero-order chi connectivity index (χ0) is 37.2. The van der Waals surface area contributed by atoms with Crippen molar-refractivity contribution in [1.29, 1.82) is 0 Å². The average molecular weight is 743 g/mol. The summed E-state index contributed by atoms with van der Waals surface area (Å²) < 4.78 is 10.6. The average Bonchev–Trinajstić information content (AvgIpc) is 3.54. The van der Waals surface area contributed by atoms with Crippen molar-refractivity contribution in [3.05, 3.63) is 83.9 Å². The number of methoxy groups -OCH3 is 2. The van der Waals surface area contributed by atoms with Crippen LogP contribution in [-0.2, 0) is 9.59 Å². The van der Waals surface area contributed by atoms with Crippen LogP contribution in [0.5, 0.6) is 23.0 Å². The maximum Gasteiger partial charge on any atom is 0.255 e. The summed E-state index contributed by atoms with van der Waals surface area (Å²) in [5, 5.41) is 33.2. The van der Waals surface area contributed by atoms with Crippen molar-refractivity contribution in [2.75, 3.05) is 25.1 Å². The Hall–Kier alpha value is -5.08. The van der Waals surface area contributed by atoms with Crippen LogP contribution in [0.1, 0.15) is 51.7 Å². The Kier molecular flexibility index (Phi) is 10.5. The van der Waals surface area contributed by atoms with Gasteiger partial charge in [-0.15, -0.1) is 33.7 Å². The summed E-state index contributed by atoms with van der Waals surface area (Å²) in [6.07, 6.45) is 8.96. The molecule has 2 aliphatic heterocycles. The third-order valence-corrected chi connectivity index (χ3v) is 12.4. The van der Waals surface area contributed by atoms with Crippen LogP contribution >= 0.6 is 23.5 Å². The summed E-state index contributed by atoms with van der Waals surface area (Å²) in [5.41, 5.74) is 8.23. The Labute approximate surface area is 311 Å². The van der Waals surface area contributed by atoms with Crippen LogP contribution in [0.15, 0.2) is 72.8 Å². The molecule has 4 atom stereocenters. The number of benzene rings is 3. The SMILES string of the molecule is CCC1(/C=C/c2ccc(O)c(OC)c2)SC(C)C(=O)N1Nc1nnc(NN2C(=O)C(C)SC2(/C=C/c2ccc(O)c(OC)c2)CC)c2ccccc12. The molecule has 3 heterocycles. The van der Waals surface area contributed by atoms with Crippen LogP contribution in [-0.4, -0.2) is 76.7 Å². The molecule has 6 rings (SSSR count). The number of hydrogen-bond acceptors (Lipinski definition) is 12. The van der Waals surface area contributed by atoms with E-state index < -0.39 is 9.74 Å². The molecular formula is C38H42N6O6S2. The highest BCUT2D eigenvalue weighted by Gasteiger charge is 2.50. The van der Waals surface area contributed by atoms with Gasteiger partial charge in [-0.3, -0.25) is 20.4 Å². The van der Waals surface area contributed by atoms with Gasteiger partial charge >= 0.3 is 0 Å². The van der Waals surface area contributed by atoms with Gasteiger partial charge in [0, 0.05) is 10.8 Å². The van der Waals surface area contributed by atoms with Gasteiger partial charge in [-0.1, -0.05) is 62.4 Å². The van der Waals surface area contributed by atoms with Crippen LogP contribution in [0.3, 0.4) is 0 Å². The van der Waals surface area contributed by atoms with Crippen LogP contribution in [0, 0.1) is 0 Å². The zero-order valence-corrected chi connectivity index (χ0v) is 31.4. The second kappa shape index (κ2) is 14.9. The van der Waals surface area contributed by atoms with E-state index in [9.17, 15) is 19.8 Å².